The molecule has 7 nitrogen and oxygen atoms in total. The number of aromatic nitrogens is 1. The van der Waals surface area contributed by atoms with Crippen LogP contribution < -0.4 is 14.8 Å². The minimum absolute atomic E-state index is 0. The van der Waals surface area contributed by atoms with Gasteiger partial charge in [0.1, 0.15) is 17.3 Å². The van der Waals surface area contributed by atoms with Crippen molar-refractivity contribution >= 4 is 29.9 Å². The van der Waals surface area contributed by atoms with Crippen LogP contribution in [0.5, 0.6) is 11.5 Å². The second kappa shape index (κ2) is 11.8. The molecule has 0 saturated heterocycles. The molecular weight excluding hydrogens is 471 g/mol. The van der Waals surface area contributed by atoms with Crippen molar-refractivity contribution in [2.45, 2.75) is 33.7 Å². The Kier molecular flexibility index (Phi) is 10.1. The first kappa shape index (κ1) is 24.1. The van der Waals surface area contributed by atoms with Gasteiger partial charge in [-0.05, 0) is 39.3 Å². The van der Waals surface area contributed by atoms with E-state index < -0.39 is 0 Å². The highest BCUT2D eigenvalue weighted by Gasteiger charge is 2.12. The van der Waals surface area contributed by atoms with Gasteiger partial charge in [-0.15, -0.1) is 24.0 Å². The van der Waals surface area contributed by atoms with Crippen molar-refractivity contribution in [2.24, 2.45) is 4.99 Å². The standard InChI is InChI=1S/C20H30N4O3.HI/c1-7-21-20(22-11-10-18-14(2)23-27-15(18)3)24(4)13-16-8-9-17(25-5)12-19(16)26-6;/h8-9,12H,7,10-11,13H2,1-6H3,(H,21,22);1H. The highest BCUT2D eigenvalue weighted by atomic mass is 127. The van der Waals surface area contributed by atoms with Crippen LogP contribution in [-0.2, 0) is 13.0 Å². The lowest BCUT2D eigenvalue weighted by molar-refractivity contribution is 0.382. The number of halogens is 1. The van der Waals surface area contributed by atoms with Crippen molar-refractivity contribution in [2.75, 3.05) is 34.4 Å². The molecule has 8 heteroatoms. The van der Waals surface area contributed by atoms with Gasteiger partial charge in [0.05, 0.1) is 19.9 Å². The zero-order valence-electron chi connectivity index (χ0n) is 17.5. The van der Waals surface area contributed by atoms with Gasteiger partial charge in [-0.2, -0.15) is 0 Å². The normalized spacial score (nSPS) is 11.0. The van der Waals surface area contributed by atoms with Gasteiger partial charge in [0.2, 0.25) is 0 Å². The molecule has 0 spiro atoms. The third-order valence-corrected chi connectivity index (χ3v) is 4.40. The lowest BCUT2D eigenvalue weighted by Gasteiger charge is -2.23. The average Bonchev–Trinajstić information content (AvgIpc) is 2.99. The smallest absolute Gasteiger partial charge is 0.193 e. The van der Waals surface area contributed by atoms with Crippen molar-refractivity contribution in [3.05, 3.63) is 40.8 Å². The van der Waals surface area contributed by atoms with E-state index in [2.05, 4.69) is 22.3 Å². The van der Waals surface area contributed by atoms with Crippen LogP contribution in [0, 0.1) is 13.8 Å². The summed E-state index contributed by atoms with van der Waals surface area (Å²) in [5, 5.41) is 7.34. The zero-order chi connectivity index (χ0) is 19.8. The number of ether oxygens (including phenoxy) is 2. The van der Waals surface area contributed by atoms with Gasteiger partial charge in [-0.25, -0.2) is 0 Å². The third kappa shape index (κ3) is 6.29. The first-order valence-electron chi connectivity index (χ1n) is 9.12. The molecule has 0 saturated carbocycles. The Bertz CT molecular complexity index is 757. The Morgan fingerprint density at radius 1 is 1.25 bits per heavy atom. The Hall–Kier alpha value is -1.97. The molecule has 0 aliphatic heterocycles. The number of aliphatic imine (C=N–C) groups is 1. The first-order valence-corrected chi connectivity index (χ1v) is 9.12. The molecule has 0 radical (unpaired) electrons. The fraction of sp³-hybridized carbons (Fsp3) is 0.500. The molecule has 1 aromatic carbocycles. The largest absolute Gasteiger partial charge is 0.497 e. The number of aryl methyl sites for hydroxylation is 2. The fourth-order valence-corrected chi connectivity index (χ4v) is 2.91. The van der Waals surface area contributed by atoms with Crippen molar-refractivity contribution < 1.29 is 14.0 Å². The van der Waals surface area contributed by atoms with E-state index in [0.717, 1.165) is 53.0 Å². The van der Waals surface area contributed by atoms with Gasteiger partial charge in [0.25, 0.3) is 0 Å². The highest BCUT2D eigenvalue weighted by molar-refractivity contribution is 14.0. The predicted molar refractivity (Wildman–Crippen MR) is 122 cm³/mol. The number of benzene rings is 1. The zero-order valence-corrected chi connectivity index (χ0v) is 19.9. The quantitative estimate of drug-likeness (QED) is 0.338. The molecule has 156 valence electrons. The molecule has 0 amide bonds. The van der Waals surface area contributed by atoms with Crippen molar-refractivity contribution in [3.8, 4) is 11.5 Å². The Labute approximate surface area is 184 Å². The predicted octanol–water partition coefficient (Wildman–Crippen LogP) is 3.57. The molecule has 0 unspecified atom stereocenters. The summed E-state index contributed by atoms with van der Waals surface area (Å²) >= 11 is 0. The molecule has 0 fully saturated rings. The summed E-state index contributed by atoms with van der Waals surface area (Å²) in [5.41, 5.74) is 3.13. The van der Waals surface area contributed by atoms with Crippen LogP contribution in [0.1, 0.15) is 29.5 Å². The van der Waals surface area contributed by atoms with Crippen LogP contribution in [0.15, 0.2) is 27.7 Å². The van der Waals surface area contributed by atoms with Crippen LogP contribution in [0.25, 0.3) is 0 Å². The lowest BCUT2D eigenvalue weighted by atomic mass is 10.1. The fourth-order valence-electron chi connectivity index (χ4n) is 2.91. The molecule has 2 aromatic rings. The number of hydrogen-bond donors (Lipinski definition) is 1. The van der Waals surface area contributed by atoms with E-state index in [9.17, 15) is 0 Å². The van der Waals surface area contributed by atoms with Gasteiger partial charge in [-0.1, -0.05) is 5.16 Å². The summed E-state index contributed by atoms with van der Waals surface area (Å²) < 4.78 is 16.0. The molecule has 1 heterocycles. The van der Waals surface area contributed by atoms with Crippen molar-refractivity contribution in [1.82, 2.24) is 15.4 Å². The van der Waals surface area contributed by atoms with Crippen LogP contribution in [0.3, 0.4) is 0 Å². The van der Waals surface area contributed by atoms with E-state index >= 15 is 0 Å². The maximum atomic E-state index is 5.50. The SMILES string of the molecule is CCNC(=NCCc1c(C)noc1C)N(C)Cc1ccc(OC)cc1OC.I. The van der Waals surface area contributed by atoms with Crippen molar-refractivity contribution in [1.29, 1.82) is 0 Å². The minimum atomic E-state index is 0. The van der Waals surface area contributed by atoms with E-state index in [0.29, 0.717) is 13.1 Å². The Morgan fingerprint density at radius 2 is 2.00 bits per heavy atom. The van der Waals surface area contributed by atoms with Crippen molar-refractivity contribution in [3.63, 3.8) is 0 Å². The van der Waals surface area contributed by atoms with Crippen LogP contribution >= 0.6 is 24.0 Å². The first-order chi connectivity index (χ1) is 13.0. The molecule has 0 atom stereocenters. The number of rotatable bonds is 8. The Balaban J connectivity index is 0.00000392. The van der Waals surface area contributed by atoms with Crippen LogP contribution in [0.4, 0.5) is 0 Å². The maximum absolute atomic E-state index is 5.50. The number of methoxy groups -OCH3 is 2. The summed E-state index contributed by atoms with van der Waals surface area (Å²) in [5.74, 6) is 3.29. The lowest BCUT2D eigenvalue weighted by Crippen LogP contribution is -2.38. The monoisotopic (exact) mass is 502 g/mol. The summed E-state index contributed by atoms with van der Waals surface area (Å²) in [6, 6.07) is 5.85. The number of guanidine groups is 1. The summed E-state index contributed by atoms with van der Waals surface area (Å²) in [6.07, 6.45) is 0.801. The van der Waals surface area contributed by atoms with Gasteiger partial charge in [-0.3, -0.25) is 4.99 Å². The molecule has 2 rings (SSSR count). The molecule has 0 bridgehead atoms. The average molecular weight is 502 g/mol. The Morgan fingerprint density at radius 3 is 2.57 bits per heavy atom. The van der Waals surface area contributed by atoms with Crippen LogP contribution in [0.2, 0.25) is 0 Å². The molecule has 1 N–H and O–H groups in total. The van der Waals surface area contributed by atoms with E-state index in [1.165, 1.54) is 0 Å². The summed E-state index contributed by atoms with van der Waals surface area (Å²) in [4.78, 5) is 6.84. The number of nitrogens with one attached hydrogen (secondary N) is 1. The van der Waals surface area contributed by atoms with E-state index in [4.69, 9.17) is 19.0 Å². The highest BCUT2D eigenvalue weighted by Crippen LogP contribution is 2.25. The second-order valence-corrected chi connectivity index (χ2v) is 6.32. The van der Waals surface area contributed by atoms with Crippen LogP contribution in [-0.4, -0.2) is 50.4 Å². The topological polar surface area (TPSA) is 72.1 Å². The van der Waals surface area contributed by atoms with Gasteiger partial charge >= 0.3 is 0 Å². The molecule has 1 aromatic heterocycles. The molecule has 28 heavy (non-hydrogen) atoms. The molecule has 0 aliphatic rings. The molecule has 0 aliphatic carbocycles. The second-order valence-electron chi connectivity index (χ2n) is 6.32. The van der Waals surface area contributed by atoms with Gasteiger partial charge in [0.15, 0.2) is 5.96 Å². The van der Waals surface area contributed by atoms with Gasteiger partial charge < -0.3 is 24.2 Å². The minimum Gasteiger partial charge on any atom is -0.497 e. The third-order valence-electron chi connectivity index (χ3n) is 4.40. The van der Waals surface area contributed by atoms with E-state index in [1.807, 2.05) is 39.1 Å². The van der Waals surface area contributed by atoms with E-state index in [1.54, 1.807) is 14.2 Å². The van der Waals surface area contributed by atoms with E-state index in [-0.39, 0.29) is 24.0 Å². The summed E-state index contributed by atoms with van der Waals surface area (Å²) in [6.45, 7) is 8.09. The maximum Gasteiger partial charge on any atom is 0.193 e. The summed E-state index contributed by atoms with van der Waals surface area (Å²) in [7, 11) is 5.33. The number of hydrogen-bond acceptors (Lipinski definition) is 5. The van der Waals surface area contributed by atoms with Gasteiger partial charge in [0, 0.05) is 43.9 Å². The number of nitrogens with zero attached hydrogens (tertiary/aromatic N) is 3. The molecular formula is C20H31IN4O3.